The molecule has 1 aliphatic heterocycles. The molecule has 1 aliphatic rings. The first kappa shape index (κ1) is 18.1. The lowest BCUT2D eigenvalue weighted by Crippen LogP contribution is -2.36. The van der Waals surface area contributed by atoms with E-state index in [4.69, 9.17) is 0 Å². The van der Waals surface area contributed by atoms with Crippen molar-refractivity contribution in [3.8, 4) is 17.0 Å². The maximum absolute atomic E-state index is 12.4. The maximum atomic E-state index is 12.4. The van der Waals surface area contributed by atoms with E-state index in [1.54, 1.807) is 16.8 Å². The summed E-state index contributed by atoms with van der Waals surface area (Å²) in [7, 11) is 2.12. The van der Waals surface area contributed by atoms with Crippen molar-refractivity contribution in [3.63, 3.8) is 0 Å². The molecule has 3 heterocycles. The summed E-state index contributed by atoms with van der Waals surface area (Å²) in [4.78, 5) is 7.46. The van der Waals surface area contributed by atoms with E-state index in [9.17, 15) is 13.2 Å². The van der Waals surface area contributed by atoms with Crippen LogP contribution in [0.25, 0.3) is 16.2 Å². The van der Waals surface area contributed by atoms with Gasteiger partial charge in [-0.05, 0) is 45.1 Å². The van der Waals surface area contributed by atoms with E-state index in [0.29, 0.717) is 22.3 Å². The van der Waals surface area contributed by atoms with Crippen LogP contribution in [0.2, 0.25) is 0 Å². The van der Waals surface area contributed by atoms with Gasteiger partial charge in [-0.25, -0.2) is 9.50 Å². The lowest BCUT2D eigenvalue weighted by atomic mass is 10.1. The minimum Gasteiger partial charge on any atom is -0.406 e. The van der Waals surface area contributed by atoms with Gasteiger partial charge in [-0.3, -0.25) is 0 Å². The number of nitrogens with one attached hydrogen (secondary N) is 1. The number of anilines is 1. The highest BCUT2D eigenvalue weighted by Crippen LogP contribution is 2.29. The monoisotopic (exact) mass is 397 g/mol. The quantitative estimate of drug-likeness (QED) is 0.725. The number of rotatable bonds is 4. The van der Waals surface area contributed by atoms with Crippen molar-refractivity contribution in [1.29, 1.82) is 0 Å². The zero-order valence-corrected chi connectivity index (χ0v) is 15.3. The first-order valence-electron chi connectivity index (χ1n) is 8.53. The second kappa shape index (κ2) is 7.01. The van der Waals surface area contributed by atoms with Gasteiger partial charge in [-0.15, -0.1) is 18.3 Å². The molecule has 4 rings (SSSR count). The van der Waals surface area contributed by atoms with Crippen LogP contribution in [0, 0.1) is 0 Å². The van der Waals surface area contributed by atoms with Gasteiger partial charge in [0.1, 0.15) is 5.75 Å². The zero-order chi connectivity index (χ0) is 19.0. The third-order valence-electron chi connectivity index (χ3n) is 4.45. The lowest BCUT2D eigenvalue weighted by molar-refractivity contribution is -0.274. The average molecular weight is 397 g/mol. The molecule has 1 saturated heterocycles. The van der Waals surface area contributed by atoms with Crippen LogP contribution in [0.3, 0.4) is 0 Å². The molecule has 0 bridgehead atoms. The number of aromatic nitrogens is 3. The number of hydrogen-bond acceptors (Lipinski definition) is 6. The van der Waals surface area contributed by atoms with Crippen molar-refractivity contribution in [3.05, 3.63) is 30.5 Å². The number of hydrogen-bond donors (Lipinski definition) is 1. The molecule has 0 atom stereocenters. The molecular formula is C17H18F3N5OS. The molecule has 2 aromatic heterocycles. The molecular weight excluding hydrogens is 379 g/mol. The normalized spacial score (nSPS) is 16.7. The highest BCUT2D eigenvalue weighted by Gasteiger charge is 2.31. The van der Waals surface area contributed by atoms with Gasteiger partial charge >= 0.3 is 6.36 Å². The molecule has 0 saturated carbocycles. The number of benzene rings is 1. The molecule has 1 N–H and O–H groups in total. The Morgan fingerprint density at radius 2 is 2.04 bits per heavy atom. The van der Waals surface area contributed by atoms with Crippen LogP contribution >= 0.6 is 11.3 Å². The summed E-state index contributed by atoms with van der Waals surface area (Å²) < 4.78 is 42.8. The smallest absolute Gasteiger partial charge is 0.406 e. The second-order valence-corrected chi connectivity index (χ2v) is 7.51. The fraction of sp³-hybridized carbons (Fsp3) is 0.412. The Bertz CT molecular complexity index is 899. The van der Waals surface area contributed by atoms with Crippen molar-refractivity contribution in [1.82, 2.24) is 19.5 Å². The van der Waals surface area contributed by atoms with Crippen molar-refractivity contribution >= 4 is 21.4 Å². The minimum absolute atomic E-state index is 0.270. The van der Waals surface area contributed by atoms with Crippen LogP contribution in [0.5, 0.6) is 5.75 Å². The SMILES string of the molecule is CN1CCC(Nc2nn3cc(-c4cccc(OC(F)(F)F)c4)nc3s2)CC1. The van der Waals surface area contributed by atoms with E-state index >= 15 is 0 Å². The standard InChI is InChI=1S/C17H18F3N5OS/c1-24-7-5-12(6-8-24)21-15-23-25-10-14(22-16(25)27-15)11-3-2-4-13(9-11)26-17(18,19)20/h2-4,9-10,12H,5-8H2,1H3,(H,21,23). The van der Waals surface area contributed by atoms with Gasteiger partial charge in [0.2, 0.25) is 10.1 Å². The molecule has 1 fully saturated rings. The van der Waals surface area contributed by atoms with Crippen molar-refractivity contribution in [2.75, 3.05) is 25.5 Å². The molecule has 0 radical (unpaired) electrons. The first-order chi connectivity index (χ1) is 12.9. The minimum atomic E-state index is -4.72. The summed E-state index contributed by atoms with van der Waals surface area (Å²) in [6.45, 7) is 2.11. The van der Waals surface area contributed by atoms with Crippen LogP contribution in [0.1, 0.15) is 12.8 Å². The molecule has 27 heavy (non-hydrogen) atoms. The van der Waals surface area contributed by atoms with Gasteiger partial charge in [0.15, 0.2) is 0 Å². The van der Waals surface area contributed by atoms with E-state index in [0.717, 1.165) is 31.1 Å². The van der Waals surface area contributed by atoms with Crippen LogP contribution in [-0.2, 0) is 0 Å². The van der Waals surface area contributed by atoms with Gasteiger partial charge in [0.25, 0.3) is 0 Å². The molecule has 1 aromatic carbocycles. The second-order valence-electron chi connectivity index (χ2n) is 6.56. The fourth-order valence-corrected chi connectivity index (χ4v) is 3.94. The van der Waals surface area contributed by atoms with Gasteiger partial charge < -0.3 is 15.0 Å². The van der Waals surface area contributed by atoms with Crippen molar-refractivity contribution < 1.29 is 17.9 Å². The number of fused-ring (bicyclic) bond motifs is 1. The maximum Gasteiger partial charge on any atom is 0.573 e. The topological polar surface area (TPSA) is 54.7 Å². The van der Waals surface area contributed by atoms with E-state index < -0.39 is 6.36 Å². The summed E-state index contributed by atoms with van der Waals surface area (Å²) in [6.07, 6.45) is -0.882. The molecule has 0 aliphatic carbocycles. The number of halogens is 3. The Labute approximate surface area is 157 Å². The van der Waals surface area contributed by atoms with Gasteiger partial charge in [-0.2, -0.15) is 0 Å². The predicted octanol–water partition coefficient (Wildman–Crippen LogP) is 3.86. The number of ether oxygens (including phenoxy) is 1. The largest absolute Gasteiger partial charge is 0.573 e. The number of piperidine rings is 1. The van der Waals surface area contributed by atoms with Gasteiger partial charge in [0, 0.05) is 11.6 Å². The molecule has 0 unspecified atom stereocenters. The summed E-state index contributed by atoms with van der Waals surface area (Å²) in [6, 6.07) is 6.17. The summed E-state index contributed by atoms with van der Waals surface area (Å²) in [5.41, 5.74) is 1.09. The Morgan fingerprint density at radius 1 is 1.26 bits per heavy atom. The van der Waals surface area contributed by atoms with Crippen molar-refractivity contribution in [2.45, 2.75) is 25.2 Å². The number of alkyl halides is 3. The number of imidazole rings is 1. The lowest BCUT2D eigenvalue weighted by Gasteiger charge is -2.29. The van der Waals surface area contributed by atoms with Crippen LogP contribution in [0.15, 0.2) is 30.5 Å². The highest BCUT2D eigenvalue weighted by molar-refractivity contribution is 7.20. The molecule has 3 aromatic rings. The predicted molar refractivity (Wildman–Crippen MR) is 97.1 cm³/mol. The number of likely N-dealkylation sites (tertiary alicyclic amines) is 1. The molecule has 6 nitrogen and oxygen atoms in total. The summed E-state index contributed by atoms with van der Waals surface area (Å²) in [5, 5.41) is 8.74. The molecule has 144 valence electrons. The Hall–Kier alpha value is -2.33. The third-order valence-corrected chi connectivity index (χ3v) is 5.31. The van der Waals surface area contributed by atoms with Crippen molar-refractivity contribution in [2.24, 2.45) is 0 Å². The third kappa shape index (κ3) is 4.33. The van der Waals surface area contributed by atoms with Crippen LogP contribution in [0.4, 0.5) is 18.3 Å². The summed E-state index contributed by atoms with van der Waals surface area (Å²) >= 11 is 1.43. The Morgan fingerprint density at radius 3 is 2.74 bits per heavy atom. The fourth-order valence-electron chi connectivity index (χ4n) is 3.08. The molecule has 0 amide bonds. The van der Waals surface area contributed by atoms with Crippen LogP contribution in [-0.4, -0.2) is 52.0 Å². The zero-order valence-electron chi connectivity index (χ0n) is 14.5. The first-order valence-corrected chi connectivity index (χ1v) is 9.35. The summed E-state index contributed by atoms with van der Waals surface area (Å²) in [5.74, 6) is -0.270. The van der Waals surface area contributed by atoms with Gasteiger partial charge in [-0.1, -0.05) is 23.5 Å². The Kier molecular flexibility index (Phi) is 4.68. The van der Waals surface area contributed by atoms with E-state index in [-0.39, 0.29) is 5.75 Å². The van der Waals surface area contributed by atoms with E-state index in [1.807, 2.05) is 0 Å². The van der Waals surface area contributed by atoms with Crippen LogP contribution < -0.4 is 10.1 Å². The highest BCUT2D eigenvalue weighted by atomic mass is 32.1. The average Bonchev–Trinajstić information content (AvgIpc) is 3.14. The molecule has 0 spiro atoms. The van der Waals surface area contributed by atoms with Gasteiger partial charge in [0.05, 0.1) is 11.9 Å². The number of nitrogens with zero attached hydrogens (tertiary/aromatic N) is 4. The molecule has 10 heteroatoms. The Balaban J connectivity index is 1.50. The van der Waals surface area contributed by atoms with E-state index in [2.05, 4.69) is 32.1 Å². The van der Waals surface area contributed by atoms with E-state index in [1.165, 1.54) is 29.5 Å².